The molecule has 1 unspecified atom stereocenters. The van der Waals surface area contributed by atoms with Crippen molar-refractivity contribution in [2.45, 2.75) is 50.5 Å². The van der Waals surface area contributed by atoms with E-state index in [1.807, 2.05) is 48.5 Å². The minimum Gasteiger partial charge on any atom is -0.493 e. The zero-order valence-corrected chi connectivity index (χ0v) is 21.4. The van der Waals surface area contributed by atoms with Crippen LogP contribution in [0.15, 0.2) is 72.8 Å². The van der Waals surface area contributed by atoms with E-state index < -0.39 is 12.1 Å². The van der Waals surface area contributed by atoms with E-state index in [1.54, 1.807) is 12.1 Å². The maximum absolute atomic E-state index is 12.5. The Balaban J connectivity index is 1.29. The Kier molecular flexibility index (Phi) is 9.51. The Morgan fingerprint density at radius 1 is 0.806 bits per heavy atom. The highest BCUT2D eigenvalue weighted by Crippen LogP contribution is 2.34. The normalized spacial score (nSPS) is 14.6. The summed E-state index contributed by atoms with van der Waals surface area (Å²) in [5.74, 6) is 2.32. The van der Waals surface area contributed by atoms with E-state index in [9.17, 15) is 4.79 Å². The van der Waals surface area contributed by atoms with Crippen LogP contribution in [0.5, 0.6) is 17.2 Å². The van der Waals surface area contributed by atoms with Crippen molar-refractivity contribution in [1.82, 2.24) is 0 Å². The van der Waals surface area contributed by atoms with Crippen LogP contribution in [-0.4, -0.2) is 26.3 Å². The van der Waals surface area contributed by atoms with Crippen LogP contribution in [0.25, 0.3) is 0 Å². The lowest BCUT2D eigenvalue weighted by molar-refractivity contribution is -0.149. The van der Waals surface area contributed by atoms with E-state index >= 15 is 0 Å². The number of methoxy groups -OCH3 is 1. The number of hydrogen-bond acceptors (Lipinski definition) is 5. The largest absolute Gasteiger partial charge is 0.493 e. The van der Waals surface area contributed by atoms with Crippen molar-refractivity contribution in [2.24, 2.45) is 0 Å². The van der Waals surface area contributed by atoms with Crippen LogP contribution in [0.4, 0.5) is 0 Å². The highest BCUT2D eigenvalue weighted by atomic mass is 35.5. The predicted molar refractivity (Wildman–Crippen MR) is 141 cm³/mol. The first-order valence-electron chi connectivity index (χ1n) is 12.6. The molecular weight excluding hydrogens is 476 g/mol. The zero-order valence-electron chi connectivity index (χ0n) is 20.7. The van der Waals surface area contributed by atoms with Gasteiger partial charge in [0.2, 0.25) is 6.10 Å². The molecule has 1 saturated carbocycles. The SMILES string of the molecule is COC(=O)C(Oc1ccc(C2CCCCC2)cc1)c1ccc(OCCCOc2ccc(Cl)cc2)cc1. The Morgan fingerprint density at radius 3 is 1.94 bits per heavy atom. The highest BCUT2D eigenvalue weighted by Gasteiger charge is 2.24. The molecule has 0 amide bonds. The van der Waals surface area contributed by atoms with Gasteiger partial charge in [0.05, 0.1) is 20.3 Å². The molecule has 1 aliphatic carbocycles. The third-order valence-electron chi connectivity index (χ3n) is 6.45. The minimum absolute atomic E-state index is 0.445. The van der Waals surface area contributed by atoms with Gasteiger partial charge in [-0.2, -0.15) is 0 Å². The van der Waals surface area contributed by atoms with Gasteiger partial charge >= 0.3 is 5.97 Å². The highest BCUT2D eigenvalue weighted by molar-refractivity contribution is 6.30. The van der Waals surface area contributed by atoms with E-state index in [-0.39, 0.29) is 0 Å². The van der Waals surface area contributed by atoms with E-state index in [4.69, 9.17) is 30.5 Å². The molecule has 0 spiro atoms. The monoisotopic (exact) mass is 508 g/mol. The average Bonchev–Trinajstić information content (AvgIpc) is 2.93. The van der Waals surface area contributed by atoms with Gasteiger partial charge in [-0.1, -0.05) is 55.1 Å². The first-order valence-corrected chi connectivity index (χ1v) is 13.0. The summed E-state index contributed by atoms with van der Waals surface area (Å²) in [5, 5.41) is 0.682. The molecule has 5 nitrogen and oxygen atoms in total. The summed E-state index contributed by atoms with van der Waals surface area (Å²) in [4.78, 5) is 12.5. The van der Waals surface area contributed by atoms with Crippen LogP contribution in [0.1, 0.15) is 61.7 Å². The maximum Gasteiger partial charge on any atom is 0.351 e. The molecule has 36 heavy (non-hydrogen) atoms. The van der Waals surface area contributed by atoms with Gasteiger partial charge in [0.15, 0.2) is 0 Å². The molecule has 3 aromatic carbocycles. The van der Waals surface area contributed by atoms with Gasteiger partial charge in [0.1, 0.15) is 17.2 Å². The molecule has 0 saturated heterocycles. The quantitative estimate of drug-likeness (QED) is 0.198. The zero-order chi connectivity index (χ0) is 25.2. The molecular formula is C30H33ClO5. The van der Waals surface area contributed by atoms with E-state index in [1.165, 1.54) is 44.8 Å². The number of hydrogen-bond donors (Lipinski definition) is 0. The van der Waals surface area contributed by atoms with Gasteiger partial charge in [-0.15, -0.1) is 0 Å². The van der Waals surface area contributed by atoms with Crippen molar-refractivity contribution in [2.75, 3.05) is 20.3 Å². The summed E-state index contributed by atoms with van der Waals surface area (Å²) in [7, 11) is 1.37. The van der Waals surface area contributed by atoms with Crippen molar-refractivity contribution in [1.29, 1.82) is 0 Å². The number of esters is 1. The molecule has 1 atom stereocenters. The van der Waals surface area contributed by atoms with Crippen molar-refractivity contribution in [3.8, 4) is 17.2 Å². The molecule has 0 aromatic heterocycles. The smallest absolute Gasteiger partial charge is 0.351 e. The van der Waals surface area contributed by atoms with E-state index in [0.29, 0.717) is 41.2 Å². The van der Waals surface area contributed by atoms with Crippen molar-refractivity contribution in [3.05, 3.63) is 88.9 Å². The Labute approximate surface area is 218 Å². The first kappa shape index (κ1) is 25.9. The van der Waals surface area contributed by atoms with Gasteiger partial charge < -0.3 is 18.9 Å². The van der Waals surface area contributed by atoms with Crippen molar-refractivity contribution < 1.29 is 23.7 Å². The average molecular weight is 509 g/mol. The Morgan fingerprint density at radius 2 is 1.36 bits per heavy atom. The lowest BCUT2D eigenvalue weighted by atomic mass is 9.84. The Bertz CT molecular complexity index is 1070. The summed E-state index contributed by atoms with van der Waals surface area (Å²) in [5.41, 5.74) is 2.05. The summed E-state index contributed by atoms with van der Waals surface area (Å²) in [6, 6.07) is 22.7. The molecule has 3 aromatic rings. The van der Waals surface area contributed by atoms with Crippen LogP contribution >= 0.6 is 11.6 Å². The number of carbonyl (C=O) groups is 1. The van der Waals surface area contributed by atoms with Gasteiger partial charge in [-0.3, -0.25) is 0 Å². The third-order valence-corrected chi connectivity index (χ3v) is 6.70. The number of benzene rings is 3. The molecule has 6 heteroatoms. The fraction of sp³-hybridized carbons (Fsp3) is 0.367. The summed E-state index contributed by atoms with van der Waals surface area (Å²) in [6.07, 6.45) is 6.30. The maximum atomic E-state index is 12.5. The lowest BCUT2D eigenvalue weighted by Crippen LogP contribution is -2.20. The molecule has 0 bridgehead atoms. The van der Waals surface area contributed by atoms with Crippen LogP contribution in [0, 0.1) is 0 Å². The van der Waals surface area contributed by atoms with Crippen LogP contribution < -0.4 is 14.2 Å². The van der Waals surface area contributed by atoms with Gasteiger partial charge in [-0.05, 0) is 72.9 Å². The molecule has 4 rings (SSSR count). The van der Waals surface area contributed by atoms with Gasteiger partial charge in [0.25, 0.3) is 0 Å². The van der Waals surface area contributed by atoms with E-state index in [2.05, 4.69) is 12.1 Å². The van der Waals surface area contributed by atoms with Crippen molar-refractivity contribution in [3.63, 3.8) is 0 Å². The Hall–Kier alpha value is -3.18. The van der Waals surface area contributed by atoms with Gasteiger partial charge in [-0.25, -0.2) is 4.79 Å². The minimum atomic E-state index is -0.850. The molecule has 0 heterocycles. The second-order valence-corrected chi connectivity index (χ2v) is 9.43. The number of carbonyl (C=O) groups excluding carboxylic acids is 1. The van der Waals surface area contributed by atoms with E-state index in [0.717, 1.165) is 12.2 Å². The van der Waals surface area contributed by atoms with Crippen LogP contribution in [0.3, 0.4) is 0 Å². The standard InChI is InChI=1S/C30H33ClO5/c1-33-30(32)29(36-28-16-8-23(9-17-28)22-6-3-2-4-7-22)24-10-14-26(15-11-24)34-20-5-21-35-27-18-12-25(31)13-19-27/h8-19,22,29H,2-7,20-21H2,1H3. The summed E-state index contributed by atoms with van der Waals surface area (Å²) in [6.45, 7) is 1.05. The third kappa shape index (κ3) is 7.41. The van der Waals surface area contributed by atoms with Crippen LogP contribution in [-0.2, 0) is 9.53 Å². The molecule has 1 aliphatic rings. The topological polar surface area (TPSA) is 54.0 Å². The number of rotatable bonds is 11. The predicted octanol–water partition coefficient (Wildman–Crippen LogP) is 7.53. The summed E-state index contributed by atoms with van der Waals surface area (Å²) >= 11 is 5.88. The fourth-order valence-electron chi connectivity index (χ4n) is 4.46. The summed E-state index contributed by atoms with van der Waals surface area (Å²) < 4.78 is 22.6. The first-order chi connectivity index (χ1) is 17.6. The van der Waals surface area contributed by atoms with Crippen LogP contribution in [0.2, 0.25) is 5.02 Å². The molecule has 0 radical (unpaired) electrons. The molecule has 1 fully saturated rings. The number of ether oxygens (including phenoxy) is 4. The second-order valence-electron chi connectivity index (χ2n) is 9.00. The van der Waals surface area contributed by atoms with Crippen molar-refractivity contribution >= 4 is 17.6 Å². The van der Waals surface area contributed by atoms with Gasteiger partial charge in [0, 0.05) is 17.0 Å². The molecule has 0 N–H and O–H groups in total. The number of halogens is 1. The second kappa shape index (κ2) is 13.2. The molecule has 0 aliphatic heterocycles. The lowest BCUT2D eigenvalue weighted by Gasteiger charge is -2.22. The molecule has 190 valence electrons. The fourth-order valence-corrected chi connectivity index (χ4v) is 4.58.